The molecule has 1 amide bonds. The van der Waals surface area contributed by atoms with Gasteiger partial charge in [-0.15, -0.1) is 0 Å². The van der Waals surface area contributed by atoms with Gasteiger partial charge in [0.1, 0.15) is 12.2 Å². The molecular formula is C21H17ClN4O2. The Morgan fingerprint density at radius 2 is 1.96 bits per heavy atom. The second-order valence-electron chi connectivity index (χ2n) is 6.32. The fourth-order valence-electron chi connectivity index (χ4n) is 2.80. The highest BCUT2D eigenvalue weighted by molar-refractivity contribution is 6.31. The van der Waals surface area contributed by atoms with Crippen molar-refractivity contribution in [2.24, 2.45) is 0 Å². The van der Waals surface area contributed by atoms with E-state index < -0.39 is 0 Å². The lowest BCUT2D eigenvalue weighted by Crippen LogP contribution is -2.18. The third-order valence-corrected chi connectivity index (χ3v) is 4.68. The number of halogens is 1. The zero-order valence-electron chi connectivity index (χ0n) is 15.1. The zero-order valence-corrected chi connectivity index (χ0v) is 15.8. The molecule has 4 aromatic rings. The Hall–Kier alpha value is -3.38. The smallest absolute Gasteiger partial charge is 0.274 e. The minimum absolute atomic E-state index is 0.108. The number of carbonyl (C=O) groups is 1. The number of hydrogen-bond acceptors (Lipinski definition) is 4. The van der Waals surface area contributed by atoms with Crippen LogP contribution in [0.3, 0.4) is 0 Å². The Balaban J connectivity index is 1.51. The van der Waals surface area contributed by atoms with Gasteiger partial charge in [0.05, 0.1) is 0 Å². The maximum Gasteiger partial charge on any atom is 0.274 e. The minimum atomic E-state index is -0.180. The van der Waals surface area contributed by atoms with Gasteiger partial charge < -0.3 is 14.4 Å². The van der Waals surface area contributed by atoms with Crippen molar-refractivity contribution < 1.29 is 9.32 Å². The van der Waals surface area contributed by atoms with Gasteiger partial charge >= 0.3 is 0 Å². The molecule has 0 radical (unpaired) electrons. The van der Waals surface area contributed by atoms with Crippen molar-refractivity contribution in [2.75, 3.05) is 5.32 Å². The van der Waals surface area contributed by atoms with E-state index in [0.29, 0.717) is 28.1 Å². The molecule has 0 aliphatic heterocycles. The highest BCUT2D eigenvalue weighted by atomic mass is 35.5. The average Bonchev–Trinajstić information content (AvgIpc) is 3.34. The summed E-state index contributed by atoms with van der Waals surface area (Å²) in [6.07, 6.45) is 1.80. The molecule has 0 saturated carbocycles. The van der Waals surface area contributed by atoms with Crippen LogP contribution in [0.4, 0.5) is 5.69 Å². The molecule has 6 nitrogen and oxygen atoms in total. The number of amides is 1. The van der Waals surface area contributed by atoms with Crippen LogP contribution in [0.15, 0.2) is 71.4 Å². The Labute approximate surface area is 166 Å². The molecule has 0 bridgehead atoms. The van der Waals surface area contributed by atoms with Crippen LogP contribution in [0, 0.1) is 6.92 Å². The summed E-state index contributed by atoms with van der Waals surface area (Å²) < 4.78 is 7.16. The monoisotopic (exact) mass is 392 g/mol. The molecule has 1 N–H and O–H groups in total. The number of nitrogens with one attached hydrogen (secondary N) is 1. The number of carbonyl (C=O) groups excluding carboxylic acids is 1. The fraction of sp³-hybridized carbons (Fsp3) is 0.0952. The van der Waals surface area contributed by atoms with E-state index in [1.165, 1.54) is 0 Å². The van der Waals surface area contributed by atoms with Gasteiger partial charge in [-0.25, -0.2) is 0 Å². The van der Waals surface area contributed by atoms with Crippen LogP contribution < -0.4 is 5.32 Å². The van der Waals surface area contributed by atoms with Crippen molar-refractivity contribution in [3.63, 3.8) is 0 Å². The molecule has 0 aliphatic carbocycles. The highest BCUT2D eigenvalue weighted by Crippen LogP contribution is 2.23. The molecule has 2 aromatic carbocycles. The summed E-state index contributed by atoms with van der Waals surface area (Å²) in [7, 11) is 0. The lowest BCUT2D eigenvalue weighted by molar-refractivity contribution is -0.116. The van der Waals surface area contributed by atoms with E-state index in [4.69, 9.17) is 16.1 Å². The summed E-state index contributed by atoms with van der Waals surface area (Å²) >= 11 is 6.11. The molecule has 0 spiro atoms. The Bertz CT molecular complexity index is 1120. The second-order valence-corrected chi connectivity index (χ2v) is 6.73. The van der Waals surface area contributed by atoms with Gasteiger partial charge in [0.25, 0.3) is 5.89 Å². The minimum Gasteiger partial charge on any atom is -0.334 e. The van der Waals surface area contributed by atoms with Gasteiger partial charge in [0.2, 0.25) is 11.7 Å². The quantitative estimate of drug-likeness (QED) is 0.529. The molecule has 0 aliphatic rings. The maximum absolute atomic E-state index is 12.4. The third-order valence-electron chi connectivity index (χ3n) is 4.28. The largest absolute Gasteiger partial charge is 0.334 e. The Morgan fingerprint density at radius 1 is 1.14 bits per heavy atom. The molecule has 0 atom stereocenters. The molecule has 2 heterocycles. The van der Waals surface area contributed by atoms with Gasteiger partial charge in [0, 0.05) is 22.5 Å². The highest BCUT2D eigenvalue weighted by Gasteiger charge is 2.15. The van der Waals surface area contributed by atoms with Crippen molar-refractivity contribution in [1.29, 1.82) is 0 Å². The molecule has 7 heteroatoms. The average molecular weight is 393 g/mol. The molecule has 2 aromatic heterocycles. The lowest BCUT2D eigenvalue weighted by Gasteiger charge is -2.09. The summed E-state index contributed by atoms with van der Waals surface area (Å²) in [4.78, 5) is 16.9. The van der Waals surface area contributed by atoms with E-state index in [2.05, 4.69) is 15.5 Å². The number of nitrogens with zero attached hydrogens (tertiary/aromatic N) is 3. The van der Waals surface area contributed by atoms with Gasteiger partial charge in [-0.05, 0) is 36.8 Å². The Kier molecular flexibility index (Phi) is 4.95. The predicted molar refractivity (Wildman–Crippen MR) is 108 cm³/mol. The van der Waals surface area contributed by atoms with Crippen molar-refractivity contribution in [1.82, 2.24) is 14.7 Å². The van der Waals surface area contributed by atoms with Crippen LogP contribution in [0.5, 0.6) is 0 Å². The molecular weight excluding hydrogens is 376 g/mol. The van der Waals surface area contributed by atoms with Gasteiger partial charge in [-0.2, -0.15) is 4.98 Å². The van der Waals surface area contributed by atoms with Crippen LogP contribution in [-0.2, 0) is 11.3 Å². The van der Waals surface area contributed by atoms with Crippen LogP contribution in [0.25, 0.3) is 23.0 Å². The normalized spacial score (nSPS) is 10.8. The number of benzene rings is 2. The first kappa shape index (κ1) is 18.0. The van der Waals surface area contributed by atoms with Crippen molar-refractivity contribution in [3.05, 3.63) is 77.4 Å². The fourth-order valence-corrected chi connectivity index (χ4v) is 2.98. The van der Waals surface area contributed by atoms with Gasteiger partial charge in [-0.3, -0.25) is 4.79 Å². The third kappa shape index (κ3) is 3.82. The lowest BCUT2D eigenvalue weighted by atomic mass is 10.2. The predicted octanol–water partition coefficient (Wildman–Crippen LogP) is 4.81. The maximum atomic E-state index is 12.4. The summed E-state index contributed by atoms with van der Waals surface area (Å²) in [5.41, 5.74) is 3.15. The number of aromatic nitrogens is 3. The molecule has 140 valence electrons. The first-order valence-electron chi connectivity index (χ1n) is 8.71. The van der Waals surface area contributed by atoms with E-state index in [1.807, 2.05) is 61.5 Å². The van der Waals surface area contributed by atoms with E-state index in [0.717, 1.165) is 11.1 Å². The Morgan fingerprint density at radius 3 is 2.75 bits per heavy atom. The SMILES string of the molecule is Cc1ccc(NC(=O)Cn2cccc2-c2nc(-c3ccccc3)no2)cc1Cl. The van der Waals surface area contributed by atoms with E-state index in [9.17, 15) is 4.79 Å². The number of rotatable bonds is 5. The van der Waals surface area contributed by atoms with E-state index >= 15 is 0 Å². The first-order valence-corrected chi connectivity index (χ1v) is 9.08. The zero-order chi connectivity index (χ0) is 19.5. The number of aryl methyl sites for hydroxylation is 1. The topological polar surface area (TPSA) is 73.0 Å². The van der Waals surface area contributed by atoms with Crippen LogP contribution in [0.1, 0.15) is 5.56 Å². The van der Waals surface area contributed by atoms with Crippen molar-refractivity contribution in [3.8, 4) is 23.0 Å². The van der Waals surface area contributed by atoms with Crippen molar-refractivity contribution in [2.45, 2.75) is 13.5 Å². The molecule has 4 rings (SSSR count). The molecule has 0 unspecified atom stereocenters. The standard InChI is InChI=1S/C21H17ClN4O2/c1-14-9-10-16(12-17(14)22)23-19(27)13-26-11-5-8-18(26)21-24-20(25-28-21)15-6-3-2-4-7-15/h2-12H,13H2,1H3,(H,23,27). The second kappa shape index (κ2) is 7.70. The van der Waals surface area contributed by atoms with Crippen molar-refractivity contribution >= 4 is 23.2 Å². The van der Waals surface area contributed by atoms with Gasteiger partial charge in [0.15, 0.2) is 0 Å². The first-order chi connectivity index (χ1) is 13.6. The number of anilines is 1. The van der Waals surface area contributed by atoms with E-state index in [1.54, 1.807) is 16.8 Å². The summed E-state index contributed by atoms with van der Waals surface area (Å²) in [5, 5.41) is 7.49. The van der Waals surface area contributed by atoms with Crippen LogP contribution in [-0.4, -0.2) is 20.6 Å². The van der Waals surface area contributed by atoms with E-state index in [-0.39, 0.29) is 12.5 Å². The number of hydrogen-bond donors (Lipinski definition) is 1. The molecule has 28 heavy (non-hydrogen) atoms. The molecule has 0 fully saturated rings. The van der Waals surface area contributed by atoms with Crippen LogP contribution >= 0.6 is 11.6 Å². The molecule has 0 saturated heterocycles. The summed E-state index contributed by atoms with van der Waals surface area (Å²) in [6.45, 7) is 2.02. The summed E-state index contributed by atoms with van der Waals surface area (Å²) in [5.74, 6) is 0.678. The van der Waals surface area contributed by atoms with Gasteiger partial charge in [-0.1, -0.05) is 53.2 Å². The van der Waals surface area contributed by atoms with Crippen LogP contribution in [0.2, 0.25) is 5.02 Å². The summed E-state index contributed by atoms with van der Waals surface area (Å²) in [6, 6.07) is 18.6.